The molecule has 0 saturated carbocycles. The summed E-state index contributed by atoms with van der Waals surface area (Å²) in [6, 6.07) is 4.18. The van der Waals surface area contributed by atoms with Crippen molar-refractivity contribution in [3.63, 3.8) is 0 Å². The molecule has 0 aliphatic rings. The van der Waals surface area contributed by atoms with E-state index in [4.69, 9.17) is 0 Å². The summed E-state index contributed by atoms with van der Waals surface area (Å²) in [7, 11) is 3.44. The summed E-state index contributed by atoms with van der Waals surface area (Å²) in [4.78, 5) is 1.67. The molecule has 0 spiro atoms. The van der Waals surface area contributed by atoms with Gasteiger partial charge in [-0.05, 0) is 43.1 Å². The van der Waals surface area contributed by atoms with E-state index in [1.165, 1.54) is 6.07 Å². The molecule has 0 aliphatic heterocycles. The second-order valence-electron chi connectivity index (χ2n) is 3.30. The van der Waals surface area contributed by atoms with Gasteiger partial charge in [0.2, 0.25) is 0 Å². The molecule has 0 fully saturated rings. The lowest BCUT2D eigenvalue weighted by Gasteiger charge is -2.22. The minimum Gasteiger partial charge on any atom is -0.377 e. The highest BCUT2D eigenvalue weighted by atomic mass is 79.9. The van der Waals surface area contributed by atoms with Crippen LogP contribution in [0.2, 0.25) is 0 Å². The lowest BCUT2D eigenvalue weighted by Crippen LogP contribution is -2.23. The lowest BCUT2D eigenvalue weighted by atomic mass is 10.2. The van der Waals surface area contributed by atoms with E-state index in [2.05, 4.69) is 31.0 Å². The van der Waals surface area contributed by atoms with Gasteiger partial charge in [0, 0.05) is 25.1 Å². The molecule has 1 aromatic rings. The molecule has 1 rings (SSSR count). The number of hydrogen-bond acceptors (Lipinski definition) is 1. The topological polar surface area (TPSA) is 3.24 Å². The van der Waals surface area contributed by atoms with Gasteiger partial charge in [0.15, 0.2) is 0 Å². The van der Waals surface area contributed by atoms with E-state index in [0.717, 1.165) is 6.07 Å². The summed E-state index contributed by atoms with van der Waals surface area (Å²) in [5.74, 6) is 0. The summed E-state index contributed by atoms with van der Waals surface area (Å²) >= 11 is 6.40. The van der Waals surface area contributed by atoms with Gasteiger partial charge < -0.3 is 4.90 Å². The number of anilines is 1. The third-order valence-electron chi connectivity index (χ3n) is 1.97. The van der Waals surface area contributed by atoms with Crippen LogP contribution in [0, 0.1) is 0 Å². The fourth-order valence-corrected chi connectivity index (χ4v) is 4.37. The molecule has 0 N–H and O–H groups in total. The first kappa shape index (κ1) is 14.3. The molecule has 0 heterocycles. The Labute approximate surface area is 109 Å². The van der Waals surface area contributed by atoms with Crippen LogP contribution in [0.3, 0.4) is 0 Å². The molecule has 0 aromatic heterocycles. The fourth-order valence-electron chi connectivity index (χ4n) is 1.30. The number of hydrogen-bond donors (Lipinski definition) is 0. The van der Waals surface area contributed by atoms with Crippen LogP contribution >= 0.6 is 36.3 Å². The Bertz CT molecular complexity index is 380. The van der Waals surface area contributed by atoms with Crippen LogP contribution in [0.15, 0.2) is 18.2 Å². The van der Waals surface area contributed by atoms with Crippen LogP contribution in [0.1, 0.15) is 5.56 Å². The van der Waals surface area contributed by atoms with Crippen molar-refractivity contribution in [2.45, 2.75) is 6.18 Å². The molecular weight excluding hydrogens is 370 g/mol. The van der Waals surface area contributed by atoms with Crippen LogP contribution in [0.4, 0.5) is 18.9 Å². The zero-order chi connectivity index (χ0) is 12.5. The maximum Gasteiger partial charge on any atom is 0.417 e. The van der Waals surface area contributed by atoms with Gasteiger partial charge in [-0.3, -0.25) is 0 Å². The highest BCUT2D eigenvalue weighted by Gasteiger charge is 2.36. The Morgan fingerprint density at radius 2 is 1.75 bits per heavy atom. The maximum absolute atomic E-state index is 12.8. The molecule has 0 aliphatic carbocycles. The van der Waals surface area contributed by atoms with Gasteiger partial charge in [-0.15, -0.1) is 0 Å². The molecule has 0 amide bonds. The van der Waals surface area contributed by atoms with Gasteiger partial charge in [-0.1, -0.05) is 6.07 Å². The first-order valence-electron chi connectivity index (χ1n) is 4.24. The van der Waals surface area contributed by atoms with Crippen LogP contribution < -0.4 is 10.2 Å². The molecule has 0 unspecified atom stereocenters. The number of benzene rings is 1. The Balaban J connectivity index is 3.45. The predicted octanol–water partition coefficient (Wildman–Crippen LogP) is 4.50. The zero-order valence-electron chi connectivity index (χ0n) is 8.52. The Kier molecular flexibility index (Phi) is 4.66. The van der Waals surface area contributed by atoms with E-state index in [1.54, 1.807) is 25.1 Å². The average molecular weight is 379 g/mol. The van der Waals surface area contributed by atoms with Crippen LogP contribution in [-0.2, 0) is 6.18 Å². The summed E-state index contributed by atoms with van der Waals surface area (Å²) in [5.41, 5.74) is -0.0340. The molecule has 1 nitrogen and oxygen atoms in total. The van der Waals surface area contributed by atoms with Crippen molar-refractivity contribution in [2.75, 3.05) is 19.0 Å². The maximum atomic E-state index is 12.8. The lowest BCUT2D eigenvalue weighted by molar-refractivity contribution is -0.136. The number of rotatable bonds is 2. The number of alkyl halides is 3. The molecule has 90 valence electrons. The van der Waals surface area contributed by atoms with E-state index < -0.39 is 17.1 Å². The summed E-state index contributed by atoms with van der Waals surface area (Å²) in [6.07, 6.45) is -4.33. The smallest absolute Gasteiger partial charge is 0.377 e. The third kappa shape index (κ3) is 3.11. The quantitative estimate of drug-likeness (QED) is 0.685. The zero-order valence-corrected chi connectivity index (χ0v) is 12.6. The molecule has 0 atom stereocenters. The van der Waals surface area contributed by atoms with Crippen molar-refractivity contribution in [3.8, 4) is 0 Å². The average Bonchev–Trinajstić information content (AvgIpc) is 2.14. The van der Waals surface area contributed by atoms with Gasteiger partial charge in [0.25, 0.3) is 0 Å². The highest BCUT2D eigenvalue weighted by molar-refractivity contribution is 9.70. The molecule has 7 heteroatoms. The number of halogens is 5. The summed E-state index contributed by atoms with van der Waals surface area (Å²) < 4.78 is 38.4. The second-order valence-corrected chi connectivity index (χ2v) is 11.3. The van der Waals surface area contributed by atoms with E-state index in [9.17, 15) is 13.2 Å². The predicted molar refractivity (Wildman–Crippen MR) is 70.2 cm³/mol. The van der Waals surface area contributed by atoms with E-state index in [1.807, 2.05) is 0 Å². The highest BCUT2D eigenvalue weighted by Crippen LogP contribution is 2.55. The Hall–Kier alpha value is 0.200. The third-order valence-corrected chi connectivity index (χ3v) is 4.91. The van der Waals surface area contributed by atoms with Gasteiger partial charge >= 0.3 is 6.18 Å². The van der Waals surface area contributed by atoms with Crippen molar-refractivity contribution >= 4 is 47.3 Å². The van der Waals surface area contributed by atoms with Crippen molar-refractivity contribution < 1.29 is 13.2 Å². The van der Waals surface area contributed by atoms with Crippen molar-refractivity contribution in [1.82, 2.24) is 0 Å². The van der Waals surface area contributed by atoms with Crippen LogP contribution in [0.5, 0.6) is 0 Å². The first-order valence-corrected chi connectivity index (χ1v) is 9.62. The van der Waals surface area contributed by atoms with Gasteiger partial charge in [0.05, 0.1) is 10.9 Å². The summed E-state index contributed by atoms with van der Waals surface area (Å²) in [6.45, 7) is 0. The molecule has 0 bridgehead atoms. The first-order chi connectivity index (χ1) is 7.25. The Morgan fingerprint density at radius 3 is 2.12 bits per heavy atom. The molecule has 0 saturated heterocycles. The van der Waals surface area contributed by atoms with Gasteiger partial charge in [-0.2, -0.15) is 13.2 Å². The second kappa shape index (κ2) is 5.23. The standard InChI is InChI=1S/C9H9Br2F3NP/c1-15(2)7-5-3-4-6(9(12,13)14)8(7)16(10)11/h3-5H,1-2H3. The molecule has 1 aromatic carbocycles. The number of nitrogens with zero attached hydrogens (tertiary/aromatic N) is 1. The van der Waals surface area contributed by atoms with E-state index in [0.29, 0.717) is 5.69 Å². The monoisotopic (exact) mass is 377 g/mol. The van der Waals surface area contributed by atoms with Crippen LogP contribution in [0.25, 0.3) is 0 Å². The van der Waals surface area contributed by atoms with Crippen molar-refractivity contribution in [1.29, 1.82) is 0 Å². The Morgan fingerprint density at radius 1 is 1.19 bits per heavy atom. The minimum atomic E-state index is -4.33. The van der Waals surface area contributed by atoms with E-state index in [-0.39, 0.29) is 5.30 Å². The fraction of sp³-hybridized carbons (Fsp3) is 0.333. The van der Waals surface area contributed by atoms with Gasteiger partial charge in [0.1, 0.15) is 0 Å². The summed E-state index contributed by atoms with van der Waals surface area (Å²) in [5, 5.41) is -0.911. The largest absolute Gasteiger partial charge is 0.417 e. The van der Waals surface area contributed by atoms with E-state index >= 15 is 0 Å². The minimum absolute atomic E-state index is 0.259. The van der Waals surface area contributed by atoms with Crippen LogP contribution in [-0.4, -0.2) is 14.1 Å². The molecule has 0 radical (unpaired) electrons. The molecular formula is C9H9Br2F3NP. The van der Waals surface area contributed by atoms with Crippen molar-refractivity contribution in [3.05, 3.63) is 23.8 Å². The normalized spacial score (nSPS) is 12.0. The molecule has 16 heavy (non-hydrogen) atoms. The van der Waals surface area contributed by atoms with Crippen molar-refractivity contribution in [2.24, 2.45) is 0 Å². The van der Waals surface area contributed by atoms with Gasteiger partial charge in [-0.25, -0.2) is 0 Å². The SMILES string of the molecule is CN(C)c1cccc(C(F)(F)F)c1P(Br)Br.